The molecule has 0 bridgehead atoms. The average Bonchev–Trinajstić information content (AvgIpc) is 3.47. The first kappa shape index (κ1) is 26.7. The molecule has 3 amide bonds. The molecule has 2 fully saturated rings. The number of benzene rings is 3. The molecule has 0 aliphatic carbocycles. The number of urea groups is 1. The van der Waals surface area contributed by atoms with Crippen LogP contribution in [0, 0.1) is 11.7 Å². The molecule has 39 heavy (non-hydrogen) atoms. The molecule has 2 heterocycles. The Kier molecular flexibility index (Phi) is 8.73. The lowest BCUT2D eigenvalue weighted by Gasteiger charge is -2.35. The zero-order valence-corrected chi connectivity index (χ0v) is 22.0. The van der Waals surface area contributed by atoms with Gasteiger partial charge in [-0.05, 0) is 80.0 Å². The van der Waals surface area contributed by atoms with Gasteiger partial charge in [-0.2, -0.15) is 0 Å². The van der Waals surface area contributed by atoms with E-state index < -0.39 is 11.8 Å². The number of nitrogens with one attached hydrogen (secondary N) is 3. The molecule has 0 aromatic heterocycles. The lowest BCUT2D eigenvalue weighted by molar-refractivity contribution is 0.0858. The van der Waals surface area contributed by atoms with Crippen molar-refractivity contribution in [2.45, 2.75) is 38.2 Å². The van der Waals surface area contributed by atoms with Gasteiger partial charge in [-0.15, -0.1) is 0 Å². The number of rotatable bonds is 8. The summed E-state index contributed by atoms with van der Waals surface area (Å²) < 4.78 is 19.2. The quantitative estimate of drug-likeness (QED) is 0.342. The van der Waals surface area contributed by atoms with E-state index in [0.717, 1.165) is 57.5 Å². The highest BCUT2D eigenvalue weighted by atomic mass is 19.1. The molecule has 3 N–H and O–H groups in total. The maximum absolute atomic E-state index is 13.5. The van der Waals surface area contributed by atoms with Crippen LogP contribution in [0.25, 0.3) is 0 Å². The van der Waals surface area contributed by atoms with Gasteiger partial charge < -0.3 is 25.6 Å². The minimum Gasteiger partial charge on any atom is -0.376 e. The fourth-order valence-electron chi connectivity index (χ4n) is 5.36. The Hall–Kier alpha value is -3.91. The first-order chi connectivity index (χ1) is 19.0. The van der Waals surface area contributed by atoms with Gasteiger partial charge in [0.05, 0.1) is 11.7 Å². The summed E-state index contributed by atoms with van der Waals surface area (Å²) in [5.74, 6) is -0.0242. The number of anilines is 3. The van der Waals surface area contributed by atoms with Crippen LogP contribution in [0.2, 0.25) is 0 Å². The van der Waals surface area contributed by atoms with E-state index in [-0.39, 0.29) is 12.0 Å². The zero-order valence-electron chi connectivity index (χ0n) is 22.0. The van der Waals surface area contributed by atoms with Crippen LogP contribution in [0.3, 0.4) is 0 Å². The molecular formula is C31H35FN4O3. The lowest BCUT2D eigenvalue weighted by Crippen LogP contribution is -2.37. The molecular weight excluding hydrogens is 495 g/mol. The van der Waals surface area contributed by atoms with Crippen LogP contribution < -0.4 is 20.9 Å². The van der Waals surface area contributed by atoms with Crippen LogP contribution >= 0.6 is 0 Å². The molecule has 5 rings (SSSR count). The Morgan fingerprint density at radius 1 is 0.897 bits per heavy atom. The molecule has 1 unspecified atom stereocenters. The fourth-order valence-corrected chi connectivity index (χ4v) is 5.36. The van der Waals surface area contributed by atoms with Crippen molar-refractivity contribution < 1.29 is 18.7 Å². The summed E-state index contributed by atoms with van der Waals surface area (Å²) >= 11 is 0. The molecule has 2 saturated heterocycles. The zero-order chi connectivity index (χ0) is 27.0. The summed E-state index contributed by atoms with van der Waals surface area (Å²) in [6.07, 6.45) is 5.12. The molecule has 7 nitrogen and oxygen atoms in total. The van der Waals surface area contributed by atoms with Crippen molar-refractivity contribution in [2.75, 3.05) is 41.8 Å². The van der Waals surface area contributed by atoms with Crippen molar-refractivity contribution in [3.05, 3.63) is 89.7 Å². The highest BCUT2D eigenvalue weighted by Gasteiger charge is 2.25. The minimum atomic E-state index is -0.513. The molecule has 1 atom stereocenters. The van der Waals surface area contributed by atoms with Gasteiger partial charge in [0.25, 0.3) is 5.91 Å². The Labute approximate surface area is 228 Å². The Balaban J connectivity index is 1.28. The molecule has 0 radical (unpaired) electrons. The van der Waals surface area contributed by atoms with Gasteiger partial charge in [-0.25, -0.2) is 9.18 Å². The van der Waals surface area contributed by atoms with E-state index in [1.807, 2.05) is 12.1 Å². The van der Waals surface area contributed by atoms with Crippen molar-refractivity contribution in [3.63, 3.8) is 0 Å². The predicted octanol–water partition coefficient (Wildman–Crippen LogP) is 5.84. The van der Waals surface area contributed by atoms with Crippen molar-refractivity contribution in [1.29, 1.82) is 0 Å². The van der Waals surface area contributed by atoms with Crippen LogP contribution in [0.4, 0.5) is 26.2 Å². The standard InChI is InChI=1S/C31H35FN4O3/c32-24-8-4-9-25(19-24)34-31(38)35-26-11-12-29(28(20-26)30(37)33-21-27-10-5-17-39-27)36-15-13-23(14-16-36)18-22-6-2-1-3-7-22/h1-4,6-9,11-12,19-20,23,27H,5,10,13-18,21H2,(H,33,37)(H2,34,35,38). The maximum atomic E-state index is 13.5. The van der Waals surface area contributed by atoms with E-state index in [0.29, 0.717) is 29.4 Å². The van der Waals surface area contributed by atoms with Crippen molar-refractivity contribution in [2.24, 2.45) is 5.92 Å². The molecule has 3 aromatic carbocycles. The van der Waals surface area contributed by atoms with Crippen molar-refractivity contribution in [1.82, 2.24) is 5.32 Å². The minimum absolute atomic E-state index is 0.0319. The maximum Gasteiger partial charge on any atom is 0.323 e. The summed E-state index contributed by atoms with van der Waals surface area (Å²) in [4.78, 5) is 28.2. The van der Waals surface area contributed by atoms with Gasteiger partial charge in [-0.1, -0.05) is 36.4 Å². The van der Waals surface area contributed by atoms with Crippen LogP contribution in [-0.4, -0.2) is 44.3 Å². The van der Waals surface area contributed by atoms with Gasteiger partial charge in [0.2, 0.25) is 0 Å². The number of amides is 3. The highest BCUT2D eigenvalue weighted by Crippen LogP contribution is 2.30. The number of carbonyl (C=O) groups excluding carboxylic acids is 2. The molecule has 0 spiro atoms. The Morgan fingerprint density at radius 3 is 2.38 bits per heavy atom. The smallest absolute Gasteiger partial charge is 0.323 e. The van der Waals surface area contributed by atoms with Crippen molar-refractivity contribution >= 4 is 29.0 Å². The summed E-state index contributed by atoms with van der Waals surface area (Å²) in [5.41, 5.74) is 3.55. The largest absolute Gasteiger partial charge is 0.376 e. The van der Waals surface area contributed by atoms with Crippen LogP contribution in [0.15, 0.2) is 72.8 Å². The van der Waals surface area contributed by atoms with E-state index >= 15 is 0 Å². The number of carbonyl (C=O) groups is 2. The molecule has 2 aliphatic heterocycles. The highest BCUT2D eigenvalue weighted by molar-refractivity contribution is 6.04. The number of piperidine rings is 1. The molecule has 204 valence electrons. The second kappa shape index (κ2) is 12.8. The number of hydrogen-bond donors (Lipinski definition) is 3. The second-order valence-electron chi connectivity index (χ2n) is 10.3. The van der Waals surface area contributed by atoms with Crippen LogP contribution in [0.1, 0.15) is 41.6 Å². The summed E-state index contributed by atoms with van der Waals surface area (Å²) in [5, 5.41) is 8.43. The van der Waals surface area contributed by atoms with Gasteiger partial charge >= 0.3 is 6.03 Å². The molecule has 3 aromatic rings. The average molecular weight is 531 g/mol. The number of halogens is 1. The van der Waals surface area contributed by atoms with E-state index in [2.05, 4.69) is 45.1 Å². The molecule has 2 aliphatic rings. The third-order valence-electron chi connectivity index (χ3n) is 7.42. The van der Waals surface area contributed by atoms with E-state index in [1.54, 1.807) is 18.2 Å². The number of hydrogen-bond acceptors (Lipinski definition) is 4. The topological polar surface area (TPSA) is 82.7 Å². The van der Waals surface area contributed by atoms with Gasteiger partial charge in [-0.3, -0.25) is 4.79 Å². The van der Waals surface area contributed by atoms with Crippen LogP contribution in [0.5, 0.6) is 0 Å². The second-order valence-corrected chi connectivity index (χ2v) is 10.3. The summed E-state index contributed by atoms with van der Waals surface area (Å²) in [6, 6.07) is 21.2. The van der Waals surface area contributed by atoms with E-state index in [9.17, 15) is 14.0 Å². The third-order valence-corrected chi connectivity index (χ3v) is 7.42. The summed E-state index contributed by atoms with van der Waals surface area (Å²) in [7, 11) is 0. The third kappa shape index (κ3) is 7.35. The molecule has 8 heteroatoms. The van der Waals surface area contributed by atoms with Gasteiger partial charge in [0.15, 0.2) is 0 Å². The SMILES string of the molecule is O=C(Nc1cccc(F)c1)Nc1ccc(N2CCC(Cc3ccccc3)CC2)c(C(=O)NCC2CCCO2)c1. The number of nitrogens with zero attached hydrogens (tertiary/aromatic N) is 1. The monoisotopic (exact) mass is 530 g/mol. The lowest BCUT2D eigenvalue weighted by atomic mass is 9.89. The van der Waals surface area contributed by atoms with Crippen molar-refractivity contribution in [3.8, 4) is 0 Å². The van der Waals surface area contributed by atoms with E-state index in [4.69, 9.17) is 4.74 Å². The Morgan fingerprint density at radius 2 is 1.67 bits per heavy atom. The van der Waals surface area contributed by atoms with Gasteiger partial charge in [0.1, 0.15) is 5.82 Å². The fraction of sp³-hybridized carbons (Fsp3) is 0.355. The predicted molar refractivity (Wildman–Crippen MR) is 152 cm³/mol. The normalized spacial score (nSPS) is 17.6. The number of ether oxygens (including phenoxy) is 1. The first-order valence-corrected chi connectivity index (χ1v) is 13.7. The van der Waals surface area contributed by atoms with Gasteiger partial charge in [0, 0.05) is 43.3 Å². The Bertz CT molecular complexity index is 1270. The first-order valence-electron chi connectivity index (χ1n) is 13.7. The molecule has 0 saturated carbocycles. The van der Waals surface area contributed by atoms with E-state index in [1.165, 1.54) is 23.8 Å². The summed E-state index contributed by atoms with van der Waals surface area (Å²) in [6.45, 7) is 2.89. The van der Waals surface area contributed by atoms with Crippen LogP contribution in [-0.2, 0) is 11.2 Å².